The molecule has 0 spiro atoms. The molecule has 16 heavy (non-hydrogen) atoms. The summed E-state index contributed by atoms with van der Waals surface area (Å²) >= 11 is 0. The molecule has 0 heterocycles. The van der Waals surface area contributed by atoms with Crippen molar-refractivity contribution in [2.75, 3.05) is 6.61 Å². The van der Waals surface area contributed by atoms with Gasteiger partial charge in [0.05, 0.1) is 0 Å². The predicted molar refractivity (Wildman–Crippen MR) is 55.8 cm³/mol. The SMILES string of the molecule is O=CCCCCC(=O)N[C@@H](CCO)C(=O)O. The van der Waals surface area contributed by atoms with Gasteiger partial charge >= 0.3 is 5.97 Å². The van der Waals surface area contributed by atoms with Gasteiger partial charge in [0.2, 0.25) is 5.91 Å². The van der Waals surface area contributed by atoms with Crippen LogP contribution >= 0.6 is 0 Å². The lowest BCUT2D eigenvalue weighted by Gasteiger charge is -2.12. The molecule has 0 aromatic heterocycles. The standard InChI is InChI=1S/C10H17NO5/c12-6-3-1-2-4-9(14)11-8(5-7-13)10(15)16/h6,8,13H,1-5,7H2,(H,11,14)(H,15,16)/t8-/m0/s1. The molecule has 0 rings (SSSR count). The lowest BCUT2D eigenvalue weighted by Crippen LogP contribution is -2.41. The highest BCUT2D eigenvalue weighted by molar-refractivity contribution is 5.83. The van der Waals surface area contributed by atoms with Crippen LogP contribution in [0, 0.1) is 0 Å². The minimum atomic E-state index is -1.16. The minimum absolute atomic E-state index is 0.00455. The summed E-state index contributed by atoms with van der Waals surface area (Å²) in [5, 5.41) is 19.6. The number of aliphatic hydroxyl groups is 1. The fraction of sp³-hybridized carbons (Fsp3) is 0.700. The Hall–Kier alpha value is -1.43. The molecule has 0 aromatic carbocycles. The van der Waals surface area contributed by atoms with E-state index in [2.05, 4.69) is 5.32 Å². The van der Waals surface area contributed by atoms with Crippen LogP contribution in [0.1, 0.15) is 32.1 Å². The number of hydrogen-bond donors (Lipinski definition) is 3. The third kappa shape index (κ3) is 6.94. The number of carbonyl (C=O) groups excluding carboxylic acids is 2. The van der Waals surface area contributed by atoms with E-state index in [1.807, 2.05) is 0 Å². The van der Waals surface area contributed by atoms with E-state index in [-0.39, 0.29) is 25.4 Å². The quantitative estimate of drug-likeness (QED) is 0.373. The number of nitrogens with one attached hydrogen (secondary N) is 1. The van der Waals surface area contributed by atoms with Crippen molar-refractivity contribution in [3.05, 3.63) is 0 Å². The fourth-order valence-electron chi connectivity index (χ4n) is 1.17. The Bertz CT molecular complexity index is 241. The second-order valence-corrected chi connectivity index (χ2v) is 3.38. The van der Waals surface area contributed by atoms with Crippen molar-refractivity contribution >= 4 is 18.2 Å². The number of carbonyl (C=O) groups is 3. The Morgan fingerprint density at radius 3 is 2.50 bits per heavy atom. The normalized spacial score (nSPS) is 11.8. The predicted octanol–water partition coefficient (Wildman–Crippen LogP) is -0.302. The van der Waals surface area contributed by atoms with E-state index < -0.39 is 12.0 Å². The zero-order valence-electron chi connectivity index (χ0n) is 9.02. The van der Waals surface area contributed by atoms with Crippen molar-refractivity contribution in [1.29, 1.82) is 0 Å². The maximum atomic E-state index is 11.3. The van der Waals surface area contributed by atoms with Gasteiger partial charge in [0.15, 0.2) is 0 Å². The van der Waals surface area contributed by atoms with Gasteiger partial charge in [-0.3, -0.25) is 4.79 Å². The summed E-state index contributed by atoms with van der Waals surface area (Å²) in [4.78, 5) is 31.9. The fourth-order valence-corrected chi connectivity index (χ4v) is 1.17. The second-order valence-electron chi connectivity index (χ2n) is 3.38. The van der Waals surface area contributed by atoms with Crippen LogP contribution in [0.2, 0.25) is 0 Å². The molecular weight excluding hydrogens is 214 g/mol. The van der Waals surface area contributed by atoms with Crippen LogP contribution in [0.25, 0.3) is 0 Å². The third-order valence-corrected chi connectivity index (χ3v) is 2.03. The molecule has 0 saturated carbocycles. The van der Waals surface area contributed by atoms with Gasteiger partial charge in [0, 0.05) is 25.9 Å². The van der Waals surface area contributed by atoms with Crippen molar-refractivity contribution in [3.8, 4) is 0 Å². The highest BCUT2D eigenvalue weighted by Gasteiger charge is 2.18. The molecule has 0 bridgehead atoms. The number of rotatable bonds is 9. The van der Waals surface area contributed by atoms with Gasteiger partial charge in [0.1, 0.15) is 12.3 Å². The van der Waals surface area contributed by atoms with Crippen LogP contribution in [0.5, 0.6) is 0 Å². The van der Waals surface area contributed by atoms with Crippen LogP contribution in [0.3, 0.4) is 0 Å². The number of amides is 1. The molecule has 0 radical (unpaired) electrons. The largest absolute Gasteiger partial charge is 0.480 e. The Kier molecular flexibility index (Phi) is 8.05. The number of carboxylic acid groups (broad SMARTS) is 1. The lowest BCUT2D eigenvalue weighted by atomic mass is 10.1. The summed E-state index contributed by atoms with van der Waals surface area (Å²) in [5.74, 6) is -1.53. The summed E-state index contributed by atoms with van der Waals surface area (Å²) in [6.45, 7) is -0.289. The van der Waals surface area contributed by atoms with Crippen LogP contribution in [0.15, 0.2) is 0 Å². The van der Waals surface area contributed by atoms with Gasteiger partial charge in [-0.15, -0.1) is 0 Å². The molecule has 1 amide bonds. The van der Waals surface area contributed by atoms with Crippen molar-refractivity contribution in [2.24, 2.45) is 0 Å². The first-order chi connectivity index (χ1) is 7.61. The number of aliphatic hydroxyl groups excluding tert-OH is 1. The average molecular weight is 231 g/mol. The highest BCUT2D eigenvalue weighted by Crippen LogP contribution is 1.99. The van der Waals surface area contributed by atoms with Gasteiger partial charge in [-0.25, -0.2) is 4.79 Å². The van der Waals surface area contributed by atoms with Gasteiger partial charge in [-0.1, -0.05) is 0 Å². The van der Waals surface area contributed by atoms with Crippen LogP contribution < -0.4 is 5.32 Å². The van der Waals surface area contributed by atoms with Gasteiger partial charge in [-0.05, 0) is 12.8 Å². The molecule has 92 valence electrons. The Labute approximate surface area is 93.6 Å². The molecule has 0 aliphatic heterocycles. The summed E-state index contributed by atoms with van der Waals surface area (Å²) in [6.07, 6.45) is 2.55. The average Bonchev–Trinajstić information content (AvgIpc) is 2.23. The molecule has 0 aliphatic rings. The van der Waals surface area contributed by atoms with Crippen molar-refractivity contribution in [2.45, 2.75) is 38.1 Å². The van der Waals surface area contributed by atoms with E-state index >= 15 is 0 Å². The van der Waals surface area contributed by atoms with E-state index in [0.717, 1.165) is 6.29 Å². The van der Waals surface area contributed by atoms with E-state index in [9.17, 15) is 14.4 Å². The number of unbranched alkanes of at least 4 members (excludes halogenated alkanes) is 2. The number of carboxylic acids is 1. The highest BCUT2D eigenvalue weighted by atomic mass is 16.4. The van der Waals surface area contributed by atoms with Crippen molar-refractivity contribution in [3.63, 3.8) is 0 Å². The third-order valence-electron chi connectivity index (χ3n) is 2.03. The lowest BCUT2D eigenvalue weighted by molar-refractivity contribution is -0.142. The molecular formula is C10H17NO5. The molecule has 0 saturated heterocycles. The number of aldehydes is 1. The smallest absolute Gasteiger partial charge is 0.326 e. The van der Waals surface area contributed by atoms with E-state index in [0.29, 0.717) is 19.3 Å². The van der Waals surface area contributed by atoms with Crippen LogP contribution in [-0.4, -0.2) is 41.0 Å². The van der Waals surface area contributed by atoms with Gasteiger partial charge in [0.25, 0.3) is 0 Å². The summed E-state index contributed by atoms with van der Waals surface area (Å²) in [6, 6.07) is -1.04. The minimum Gasteiger partial charge on any atom is -0.480 e. The van der Waals surface area contributed by atoms with Gasteiger partial charge in [-0.2, -0.15) is 0 Å². The molecule has 6 nitrogen and oxygen atoms in total. The zero-order chi connectivity index (χ0) is 12.4. The molecule has 0 aromatic rings. The number of aliphatic carboxylic acids is 1. The van der Waals surface area contributed by atoms with E-state index in [4.69, 9.17) is 10.2 Å². The first-order valence-electron chi connectivity index (χ1n) is 5.18. The Morgan fingerprint density at radius 1 is 1.31 bits per heavy atom. The molecule has 0 unspecified atom stereocenters. The summed E-state index contributed by atoms with van der Waals surface area (Å²) < 4.78 is 0. The van der Waals surface area contributed by atoms with Crippen molar-refractivity contribution < 1.29 is 24.6 Å². The Balaban J connectivity index is 3.81. The molecule has 0 aliphatic carbocycles. The van der Waals surface area contributed by atoms with E-state index in [1.54, 1.807) is 0 Å². The maximum Gasteiger partial charge on any atom is 0.326 e. The first kappa shape index (κ1) is 14.6. The van der Waals surface area contributed by atoms with Gasteiger partial charge < -0.3 is 20.3 Å². The topological polar surface area (TPSA) is 104 Å². The second kappa shape index (κ2) is 8.84. The molecule has 1 atom stereocenters. The molecule has 6 heteroatoms. The van der Waals surface area contributed by atoms with Crippen molar-refractivity contribution in [1.82, 2.24) is 5.32 Å². The molecule has 0 fully saturated rings. The monoisotopic (exact) mass is 231 g/mol. The molecule has 3 N–H and O–H groups in total. The van der Waals surface area contributed by atoms with Crippen LogP contribution in [-0.2, 0) is 14.4 Å². The summed E-state index contributed by atoms with van der Waals surface area (Å²) in [5.41, 5.74) is 0. The first-order valence-corrected chi connectivity index (χ1v) is 5.18. The zero-order valence-corrected chi connectivity index (χ0v) is 9.02. The number of hydrogen-bond acceptors (Lipinski definition) is 4. The van der Waals surface area contributed by atoms with E-state index in [1.165, 1.54) is 0 Å². The maximum absolute atomic E-state index is 11.3. The van der Waals surface area contributed by atoms with Crippen LogP contribution in [0.4, 0.5) is 0 Å². The summed E-state index contributed by atoms with van der Waals surface area (Å²) in [7, 11) is 0. The Morgan fingerprint density at radius 2 is 2.00 bits per heavy atom.